The van der Waals surface area contributed by atoms with Crippen LogP contribution in [-0.2, 0) is 0 Å². The molecule has 12 heavy (non-hydrogen) atoms. The van der Waals surface area contributed by atoms with Crippen LogP contribution >= 0.6 is 15.9 Å². The molecule has 1 aromatic carbocycles. The molecule has 1 rings (SSSR count). The SMILES string of the molecule is CC(F)c1ccc(C#N)cc1Br. The maximum absolute atomic E-state index is 12.8. The Hall–Kier alpha value is -0.880. The van der Waals surface area contributed by atoms with Gasteiger partial charge in [0.1, 0.15) is 6.17 Å². The van der Waals surface area contributed by atoms with Gasteiger partial charge in [0.2, 0.25) is 0 Å². The predicted molar refractivity (Wildman–Crippen MR) is 48.4 cm³/mol. The van der Waals surface area contributed by atoms with Crippen molar-refractivity contribution in [3.05, 3.63) is 33.8 Å². The van der Waals surface area contributed by atoms with Crippen molar-refractivity contribution >= 4 is 15.9 Å². The molecule has 0 spiro atoms. The molecule has 0 N–H and O–H groups in total. The predicted octanol–water partition coefficient (Wildman–Crippen LogP) is 3.35. The summed E-state index contributed by atoms with van der Waals surface area (Å²) in [6, 6.07) is 6.82. The van der Waals surface area contributed by atoms with E-state index >= 15 is 0 Å². The zero-order valence-corrected chi connectivity index (χ0v) is 8.10. The molecule has 0 radical (unpaired) electrons. The highest BCUT2D eigenvalue weighted by atomic mass is 79.9. The van der Waals surface area contributed by atoms with Crippen LogP contribution in [0, 0.1) is 11.3 Å². The first-order valence-electron chi connectivity index (χ1n) is 3.48. The lowest BCUT2D eigenvalue weighted by atomic mass is 10.1. The van der Waals surface area contributed by atoms with Crippen LogP contribution in [0.2, 0.25) is 0 Å². The standard InChI is InChI=1S/C9H7BrFN/c1-6(11)8-3-2-7(5-12)4-9(8)10/h2-4,6H,1H3. The van der Waals surface area contributed by atoms with E-state index in [9.17, 15) is 4.39 Å². The Balaban J connectivity index is 3.14. The Morgan fingerprint density at radius 3 is 2.67 bits per heavy atom. The summed E-state index contributed by atoms with van der Waals surface area (Å²) in [5.41, 5.74) is 1.11. The quantitative estimate of drug-likeness (QED) is 0.722. The van der Waals surface area contributed by atoms with E-state index in [-0.39, 0.29) is 0 Å². The van der Waals surface area contributed by atoms with Crippen LogP contribution in [0.15, 0.2) is 22.7 Å². The normalized spacial score (nSPS) is 12.2. The average Bonchev–Trinajstić information content (AvgIpc) is 2.03. The van der Waals surface area contributed by atoms with E-state index in [2.05, 4.69) is 15.9 Å². The molecule has 0 aliphatic rings. The number of alkyl halides is 1. The smallest absolute Gasteiger partial charge is 0.123 e. The summed E-state index contributed by atoms with van der Waals surface area (Å²) < 4.78 is 13.5. The third-order valence-electron chi connectivity index (χ3n) is 1.56. The molecule has 62 valence electrons. The van der Waals surface area contributed by atoms with E-state index in [1.807, 2.05) is 6.07 Å². The number of halogens is 2. The Kier molecular flexibility index (Phi) is 2.83. The minimum atomic E-state index is -1.01. The minimum Gasteiger partial charge on any atom is -0.243 e. The molecule has 1 atom stereocenters. The van der Waals surface area contributed by atoms with E-state index < -0.39 is 6.17 Å². The summed E-state index contributed by atoms with van der Waals surface area (Å²) in [6.45, 7) is 1.46. The fourth-order valence-corrected chi connectivity index (χ4v) is 1.61. The van der Waals surface area contributed by atoms with E-state index in [1.165, 1.54) is 6.92 Å². The van der Waals surface area contributed by atoms with Gasteiger partial charge in [0, 0.05) is 4.47 Å². The van der Waals surface area contributed by atoms with E-state index in [1.54, 1.807) is 18.2 Å². The van der Waals surface area contributed by atoms with E-state index in [4.69, 9.17) is 5.26 Å². The van der Waals surface area contributed by atoms with Gasteiger partial charge in [-0.2, -0.15) is 5.26 Å². The first-order chi connectivity index (χ1) is 5.65. The molecule has 0 aliphatic carbocycles. The second-order valence-electron chi connectivity index (χ2n) is 2.46. The van der Waals surface area contributed by atoms with Crippen LogP contribution in [0.1, 0.15) is 24.2 Å². The summed E-state index contributed by atoms with van der Waals surface area (Å²) in [6.07, 6.45) is -1.01. The Bertz CT molecular complexity index is 328. The molecule has 3 heteroatoms. The maximum atomic E-state index is 12.8. The maximum Gasteiger partial charge on any atom is 0.123 e. The lowest BCUT2D eigenvalue weighted by Crippen LogP contribution is -1.87. The van der Waals surface area contributed by atoms with Crippen LogP contribution in [0.25, 0.3) is 0 Å². The highest BCUT2D eigenvalue weighted by Crippen LogP contribution is 2.26. The summed E-state index contributed by atoms with van der Waals surface area (Å²) in [4.78, 5) is 0. The van der Waals surface area contributed by atoms with Gasteiger partial charge in [-0.1, -0.05) is 22.0 Å². The van der Waals surface area contributed by atoms with Crippen molar-refractivity contribution in [3.63, 3.8) is 0 Å². The summed E-state index contributed by atoms with van der Waals surface area (Å²) in [5, 5.41) is 8.53. The highest BCUT2D eigenvalue weighted by molar-refractivity contribution is 9.10. The van der Waals surface area contributed by atoms with Crippen LogP contribution in [0.4, 0.5) is 4.39 Å². The molecule has 0 heterocycles. The van der Waals surface area contributed by atoms with Crippen LogP contribution in [0.3, 0.4) is 0 Å². The molecule has 1 unspecified atom stereocenters. The lowest BCUT2D eigenvalue weighted by Gasteiger charge is -2.04. The topological polar surface area (TPSA) is 23.8 Å². The van der Waals surface area contributed by atoms with Crippen molar-refractivity contribution in [2.24, 2.45) is 0 Å². The van der Waals surface area contributed by atoms with Gasteiger partial charge in [-0.05, 0) is 24.6 Å². The fraction of sp³-hybridized carbons (Fsp3) is 0.222. The van der Waals surface area contributed by atoms with Crippen molar-refractivity contribution in [2.45, 2.75) is 13.1 Å². The number of hydrogen-bond donors (Lipinski definition) is 0. The third kappa shape index (κ3) is 1.83. The highest BCUT2D eigenvalue weighted by Gasteiger charge is 2.07. The van der Waals surface area contributed by atoms with Crippen molar-refractivity contribution < 1.29 is 4.39 Å². The zero-order valence-electron chi connectivity index (χ0n) is 6.51. The monoisotopic (exact) mass is 227 g/mol. The molecular weight excluding hydrogens is 221 g/mol. The van der Waals surface area contributed by atoms with E-state index in [0.717, 1.165) is 0 Å². The number of benzene rings is 1. The summed E-state index contributed by atoms with van der Waals surface area (Å²) in [7, 11) is 0. The molecule has 0 fully saturated rings. The second kappa shape index (κ2) is 3.68. The number of nitrogens with zero attached hydrogens (tertiary/aromatic N) is 1. The molecule has 0 amide bonds. The van der Waals surface area contributed by atoms with Gasteiger partial charge in [0.25, 0.3) is 0 Å². The molecule has 0 saturated carbocycles. The number of rotatable bonds is 1. The number of hydrogen-bond acceptors (Lipinski definition) is 1. The van der Waals surface area contributed by atoms with Crippen LogP contribution in [0.5, 0.6) is 0 Å². The minimum absolute atomic E-state index is 0.534. The van der Waals surface area contributed by atoms with E-state index in [0.29, 0.717) is 15.6 Å². The van der Waals surface area contributed by atoms with Crippen molar-refractivity contribution in [1.29, 1.82) is 5.26 Å². The molecule has 0 bridgehead atoms. The van der Waals surface area contributed by atoms with Gasteiger partial charge in [-0.15, -0.1) is 0 Å². The zero-order chi connectivity index (χ0) is 9.14. The van der Waals surface area contributed by atoms with Gasteiger partial charge < -0.3 is 0 Å². The average molecular weight is 228 g/mol. The Morgan fingerprint density at radius 1 is 1.58 bits per heavy atom. The molecule has 0 aliphatic heterocycles. The van der Waals surface area contributed by atoms with Gasteiger partial charge in [0.05, 0.1) is 11.6 Å². The van der Waals surface area contributed by atoms with Crippen molar-refractivity contribution in [1.82, 2.24) is 0 Å². The van der Waals surface area contributed by atoms with Crippen LogP contribution < -0.4 is 0 Å². The summed E-state index contributed by atoms with van der Waals surface area (Å²) >= 11 is 3.20. The molecule has 1 nitrogen and oxygen atoms in total. The molecular formula is C9H7BrFN. The Labute approximate surface area is 79.0 Å². The van der Waals surface area contributed by atoms with Gasteiger partial charge in [-0.25, -0.2) is 4.39 Å². The van der Waals surface area contributed by atoms with Crippen LogP contribution in [-0.4, -0.2) is 0 Å². The Morgan fingerprint density at radius 2 is 2.25 bits per heavy atom. The third-order valence-corrected chi connectivity index (χ3v) is 2.24. The number of nitriles is 1. The van der Waals surface area contributed by atoms with Gasteiger partial charge in [0.15, 0.2) is 0 Å². The first kappa shape index (κ1) is 9.21. The van der Waals surface area contributed by atoms with Crippen molar-refractivity contribution in [2.75, 3.05) is 0 Å². The summed E-state index contributed by atoms with van der Waals surface area (Å²) in [5.74, 6) is 0. The van der Waals surface area contributed by atoms with Crippen molar-refractivity contribution in [3.8, 4) is 6.07 Å². The largest absolute Gasteiger partial charge is 0.243 e. The second-order valence-corrected chi connectivity index (χ2v) is 3.32. The van der Waals surface area contributed by atoms with Gasteiger partial charge in [-0.3, -0.25) is 0 Å². The lowest BCUT2D eigenvalue weighted by molar-refractivity contribution is 0.373. The van der Waals surface area contributed by atoms with Gasteiger partial charge >= 0.3 is 0 Å². The molecule has 0 saturated heterocycles. The fourth-order valence-electron chi connectivity index (χ4n) is 0.919. The molecule has 0 aromatic heterocycles. The first-order valence-corrected chi connectivity index (χ1v) is 4.28. The molecule has 1 aromatic rings.